The van der Waals surface area contributed by atoms with Gasteiger partial charge < -0.3 is 36.6 Å². The summed E-state index contributed by atoms with van der Waals surface area (Å²) in [5.74, 6) is -8.28. The second-order valence-electron chi connectivity index (χ2n) is 7.82. The molecule has 0 heterocycles. The number of hydrogen-bond donors (Lipinski definition) is 7. The number of aliphatic hydroxyl groups is 4. The van der Waals surface area contributed by atoms with Crippen molar-refractivity contribution in [2.75, 3.05) is 7.05 Å². The summed E-state index contributed by atoms with van der Waals surface area (Å²) in [6, 6.07) is 1.19. The number of amides is 1. The van der Waals surface area contributed by atoms with E-state index < -0.39 is 75.5 Å². The summed E-state index contributed by atoms with van der Waals surface area (Å²) < 4.78 is 0. The van der Waals surface area contributed by atoms with Gasteiger partial charge in [-0.1, -0.05) is 11.6 Å². The summed E-state index contributed by atoms with van der Waals surface area (Å²) in [5, 5.41) is 56.6. The fraction of sp³-hybridized carbons (Fsp3) is 0.350. The average Bonchev–Trinajstić information content (AvgIpc) is 2.70. The van der Waals surface area contributed by atoms with Crippen LogP contribution in [0.1, 0.15) is 23.7 Å². The van der Waals surface area contributed by atoms with Gasteiger partial charge in [0.05, 0.1) is 17.7 Å². The van der Waals surface area contributed by atoms with Gasteiger partial charge in [0.25, 0.3) is 5.91 Å². The zero-order valence-corrected chi connectivity index (χ0v) is 16.8. The van der Waals surface area contributed by atoms with E-state index in [9.17, 15) is 39.9 Å². The molecule has 0 spiro atoms. The Kier molecular flexibility index (Phi) is 4.67. The molecule has 0 radical (unpaired) electrons. The highest BCUT2D eigenvalue weighted by atomic mass is 35.5. The normalized spacial score (nSPS) is 32.5. The first kappa shape index (κ1) is 21.3. The van der Waals surface area contributed by atoms with Gasteiger partial charge in [0.2, 0.25) is 5.78 Å². The van der Waals surface area contributed by atoms with Crippen LogP contribution in [0.5, 0.6) is 5.75 Å². The van der Waals surface area contributed by atoms with Crippen molar-refractivity contribution in [3.63, 3.8) is 0 Å². The van der Waals surface area contributed by atoms with Gasteiger partial charge in [-0.05, 0) is 25.6 Å². The van der Waals surface area contributed by atoms with E-state index in [1.54, 1.807) is 0 Å². The zero-order chi connectivity index (χ0) is 23.0. The Morgan fingerprint density at radius 3 is 2.48 bits per heavy atom. The maximum atomic E-state index is 13.4. The summed E-state index contributed by atoms with van der Waals surface area (Å²) in [4.78, 5) is 38.0. The number of nitrogens with two attached hydrogens (primary N) is 1. The lowest BCUT2D eigenvalue weighted by Gasteiger charge is -2.49. The molecule has 5 atom stereocenters. The molecular weight excluding hydrogens is 432 g/mol. The predicted molar refractivity (Wildman–Crippen MR) is 106 cm³/mol. The molecule has 1 amide bonds. The van der Waals surface area contributed by atoms with Gasteiger partial charge in [-0.15, -0.1) is 0 Å². The molecule has 0 bridgehead atoms. The molecule has 31 heavy (non-hydrogen) atoms. The van der Waals surface area contributed by atoms with E-state index in [1.165, 1.54) is 13.1 Å². The molecule has 3 aliphatic rings. The van der Waals surface area contributed by atoms with Crippen LogP contribution in [0.25, 0.3) is 5.76 Å². The summed E-state index contributed by atoms with van der Waals surface area (Å²) in [6.07, 6.45) is -1.72. The maximum absolute atomic E-state index is 13.4. The molecule has 0 aromatic heterocycles. The van der Waals surface area contributed by atoms with Gasteiger partial charge in [0.1, 0.15) is 22.8 Å². The SMILES string of the molecule is CN[C@@H]1C(=O)C(C(N)=O)=C(O)[C@@]2(O)C(=O)C3=C(O)c4c(O)ccc(Cl)c4[C@@H](O)[C@H]3C[C@@H]12. The first-order valence-electron chi connectivity index (χ1n) is 9.33. The number of phenolic OH excluding ortho intramolecular Hbond substituents is 1. The minimum atomic E-state index is -2.77. The van der Waals surface area contributed by atoms with Crippen LogP contribution in [-0.4, -0.2) is 61.7 Å². The monoisotopic (exact) mass is 450 g/mol. The number of carbonyl (C=O) groups excluding carboxylic acids is 3. The Morgan fingerprint density at radius 1 is 1.26 bits per heavy atom. The summed E-state index contributed by atoms with van der Waals surface area (Å²) in [6.45, 7) is 0. The summed E-state index contributed by atoms with van der Waals surface area (Å²) in [5.41, 5.74) is 0.755. The Balaban J connectivity index is 2.02. The van der Waals surface area contributed by atoms with Crippen molar-refractivity contribution in [2.45, 2.75) is 24.2 Å². The number of rotatable bonds is 2. The topological polar surface area (TPSA) is 190 Å². The number of primary amides is 1. The van der Waals surface area contributed by atoms with Crippen molar-refractivity contribution in [2.24, 2.45) is 17.6 Å². The number of Topliss-reactive ketones (excluding diaryl/α,β-unsaturated/α-hetero) is 2. The molecule has 10 nitrogen and oxygen atoms in total. The molecule has 1 saturated carbocycles. The lowest BCUT2D eigenvalue weighted by Crippen LogP contribution is -2.65. The van der Waals surface area contributed by atoms with Crippen molar-refractivity contribution in [1.29, 1.82) is 0 Å². The van der Waals surface area contributed by atoms with Gasteiger partial charge in [0, 0.05) is 28.0 Å². The third-order valence-corrected chi connectivity index (χ3v) is 6.76. The second-order valence-corrected chi connectivity index (χ2v) is 8.23. The Hall–Kier alpha value is -2.92. The van der Waals surface area contributed by atoms with Crippen molar-refractivity contribution in [3.8, 4) is 5.75 Å². The van der Waals surface area contributed by atoms with Crippen LogP contribution in [-0.2, 0) is 14.4 Å². The molecular formula is C20H19ClN2O8. The van der Waals surface area contributed by atoms with Gasteiger partial charge in [0.15, 0.2) is 11.4 Å². The Bertz CT molecular complexity index is 1130. The molecule has 0 aliphatic heterocycles. The molecule has 8 N–H and O–H groups in total. The quantitative estimate of drug-likeness (QED) is 0.298. The number of hydrogen-bond acceptors (Lipinski definition) is 9. The van der Waals surface area contributed by atoms with E-state index in [4.69, 9.17) is 17.3 Å². The van der Waals surface area contributed by atoms with Crippen molar-refractivity contribution in [1.82, 2.24) is 5.32 Å². The first-order chi connectivity index (χ1) is 14.5. The number of benzene rings is 1. The number of aliphatic hydroxyl groups excluding tert-OH is 3. The molecule has 1 aromatic carbocycles. The van der Waals surface area contributed by atoms with Crippen LogP contribution in [0, 0.1) is 11.8 Å². The molecule has 0 unspecified atom stereocenters. The highest BCUT2D eigenvalue weighted by Crippen LogP contribution is 2.55. The van der Waals surface area contributed by atoms with Crippen LogP contribution in [0.15, 0.2) is 29.0 Å². The largest absolute Gasteiger partial charge is 0.508 e. The number of ketones is 2. The molecule has 11 heteroatoms. The number of aromatic hydroxyl groups is 1. The smallest absolute Gasteiger partial charge is 0.255 e. The predicted octanol–water partition coefficient (Wildman–Crippen LogP) is -0.234. The van der Waals surface area contributed by atoms with Crippen LogP contribution in [0.3, 0.4) is 0 Å². The standard InChI is InChI=1S/C20H19ClN2O8/c1-23-13-6-4-5-9(15(26)11-8(24)3-2-7(21)10(11)14(5)25)17(28)20(6,31)18(29)12(16(13)27)19(22)30/h2-3,5-6,13-14,23-26,29,31H,4H2,1H3,(H2,22,30)/t5-,6-,13-,14-,20-/m0/s1. The third kappa shape index (κ3) is 2.53. The van der Waals surface area contributed by atoms with Crippen molar-refractivity contribution >= 4 is 34.8 Å². The number of halogens is 1. The minimum Gasteiger partial charge on any atom is -0.508 e. The van der Waals surface area contributed by atoms with Gasteiger partial charge in [-0.2, -0.15) is 0 Å². The molecule has 0 saturated heterocycles. The van der Waals surface area contributed by atoms with Gasteiger partial charge in [-0.3, -0.25) is 14.4 Å². The highest BCUT2D eigenvalue weighted by molar-refractivity contribution is 6.32. The first-order valence-corrected chi connectivity index (χ1v) is 9.71. The van der Waals surface area contributed by atoms with Crippen molar-refractivity contribution in [3.05, 3.63) is 45.2 Å². The van der Waals surface area contributed by atoms with Crippen LogP contribution in [0.2, 0.25) is 5.02 Å². The van der Waals surface area contributed by atoms with Crippen LogP contribution in [0.4, 0.5) is 0 Å². The molecule has 4 rings (SSSR count). The third-order valence-electron chi connectivity index (χ3n) is 6.43. The molecule has 3 aliphatic carbocycles. The Morgan fingerprint density at radius 2 is 1.90 bits per heavy atom. The van der Waals surface area contributed by atoms with Crippen LogP contribution >= 0.6 is 11.6 Å². The number of fused-ring (bicyclic) bond motifs is 3. The van der Waals surface area contributed by atoms with E-state index in [1.807, 2.05) is 0 Å². The summed E-state index contributed by atoms with van der Waals surface area (Å²) >= 11 is 6.16. The fourth-order valence-corrected chi connectivity index (χ4v) is 5.28. The minimum absolute atomic E-state index is 0.00751. The van der Waals surface area contributed by atoms with E-state index in [2.05, 4.69) is 5.32 Å². The number of carbonyl (C=O) groups is 3. The van der Waals surface area contributed by atoms with E-state index >= 15 is 0 Å². The fourth-order valence-electron chi connectivity index (χ4n) is 5.01. The zero-order valence-electron chi connectivity index (χ0n) is 16.1. The average molecular weight is 451 g/mol. The summed E-state index contributed by atoms with van der Waals surface area (Å²) in [7, 11) is 1.36. The molecule has 1 aromatic rings. The lowest BCUT2D eigenvalue weighted by molar-refractivity contribution is -0.152. The number of phenols is 1. The van der Waals surface area contributed by atoms with Crippen LogP contribution < -0.4 is 11.1 Å². The second kappa shape index (κ2) is 6.79. The van der Waals surface area contributed by atoms with E-state index in [-0.39, 0.29) is 22.6 Å². The Labute approximate surface area is 180 Å². The van der Waals surface area contributed by atoms with Gasteiger partial charge >= 0.3 is 0 Å². The van der Waals surface area contributed by atoms with E-state index in [0.717, 1.165) is 6.07 Å². The number of likely N-dealkylation sites (N-methyl/N-ethyl adjacent to an activating group) is 1. The number of nitrogens with one attached hydrogen (secondary N) is 1. The highest BCUT2D eigenvalue weighted by Gasteiger charge is 2.64. The lowest BCUT2D eigenvalue weighted by atomic mass is 9.57. The van der Waals surface area contributed by atoms with Crippen molar-refractivity contribution < 1.29 is 39.9 Å². The molecule has 1 fully saturated rings. The molecule has 164 valence electrons. The van der Waals surface area contributed by atoms with Gasteiger partial charge in [-0.25, -0.2) is 0 Å². The van der Waals surface area contributed by atoms with E-state index in [0.29, 0.717) is 0 Å². The maximum Gasteiger partial charge on any atom is 0.255 e.